The molecule has 0 aliphatic carbocycles. The predicted octanol–water partition coefficient (Wildman–Crippen LogP) is 4.73. The molecular formula is C24H17Cl2NO5. The van der Waals surface area contributed by atoms with Gasteiger partial charge in [-0.25, -0.2) is 0 Å². The number of para-hydroxylation sites is 1. The number of rotatable bonds is 5. The van der Waals surface area contributed by atoms with Gasteiger partial charge in [0.1, 0.15) is 0 Å². The zero-order valence-electron chi connectivity index (χ0n) is 16.7. The van der Waals surface area contributed by atoms with Crippen LogP contribution in [0.15, 0.2) is 60.7 Å². The van der Waals surface area contributed by atoms with Crippen LogP contribution in [0, 0.1) is 0 Å². The van der Waals surface area contributed by atoms with E-state index < -0.39 is 23.7 Å². The van der Waals surface area contributed by atoms with E-state index in [2.05, 4.69) is 0 Å². The Morgan fingerprint density at radius 3 is 2.62 bits per heavy atom. The Hall–Kier alpha value is -3.06. The van der Waals surface area contributed by atoms with E-state index in [9.17, 15) is 14.7 Å². The number of ketones is 1. The molecule has 6 nitrogen and oxygen atoms in total. The summed E-state index contributed by atoms with van der Waals surface area (Å²) in [5.41, 5.74) is -0.0814. The lowest BCUT2D eigenvalue weighted by molar-refractivity contribution is -0.136. The van der Waals surface area contributed by atoms with Gasteiger partial charge in [-0.3, -0.25) is 9.59 Å². The number of anilines is 1. The Labute approximate surface area is 193 Å². The van der Waals surface area contributed by atoms with E-state index in [1.54, 1.807) is 42.5 Å². The fraction of sp³-hybridized carbons (Fsp3) is 0.167. The number of halogens is 2. The third-order valence-corrected chi connectivity index (χ3v) is 6.21. The molecule has 8 heteroatoms. The summed E-state index contributed by atoms with van der Waals surface area (Å²) in [5, 5.41) is 12.0. The summed E-state index contributed by atoms with van der Waals surface area (Å²) < 4.78 is 10.8. The summed E-state index contributed by atoms with van der Waals surface area (Å²) in [7, 11) is 0. The van der Waals surface area contributed by atoms with Crippen molar-refractivity contribution in [1.29, 1.82) is 0 Å². The highest BCUT2D eigenvalue weighted by Gasteiger charge is 2.50. The van der Waals surface area contributed by atoms with Crippen LogP contribution in [0.2, 0.25) is 10.0 Å². The van der Waals surface area contributed by atoms with E-state index in [4.69, 9.17) is 32.7 Å². The monoisotopic (exact) mass is 469 g/mol. The van der Waals surface area contributed by atoms with Crippen molar-refractivity contribution in [2.45, 2.75) is 18.6 Å². The van der Waals surface area contributed by atoms with Gasteiger partial charge in [-0.2, -0.15) is 0 Å². The van der Waals surface area contributed by atoms with Crippen molar-refractivity contribution < 1.29 is 24.2 Å². The second kappa shape index (κ2) is 7.81. The van der Waals surface area contributed by atoms with Crippen molar-refractivity contribution in [1.82, 2.24) is 0 Å². The quantitative estimate of drug-likeness (QED) is 0.546. The summed E-state index contributed by atoms with van der Waals surface area (Å²) in [6.45, 7) is 0.351. The van der Waals surface area contributed by atoms with Crippen LogP contribution < -0.4 is 14.4 Å². The smallest absolute Gasteiger partial charge is 0.264 e. The summed E-state index contributed by atoms with van der Waals surface area (Å²) in [6.07, 6.45) is -0.443. The van der Waals surface area contributed by atoms with Gasteiger partial charge in [0.05, 0.1) is 23.7 Å². The lowest BCUT2D eigenvalue weighted by atomic mass is 9.88. The molecule has 0 aromatic heterocycles. The minimum absolute atomic E-state index is 0.152. The van der Waals surface area contributed by atoms with Crippen molar-refractivity contribution in [3.05, 3.63) is 87.4 Å². The molecule has 0 bridgehead atoms. The number of fused-ring (bicyclic) bond motifs is 2. The van der Waals surface area contributed by atoms with Gasteiger partial charge in [0.15, 0.2) is 22.9 Å². The number of hydrogen-bond acceptors (Lipinski definition) is 5. The van der Waals surface area contributed by atoms with Crippen molar-refractivity contribution in [2.24, 2.45) is 0 Å². The van der Waals surface area contributed by atoms with Gasteiger partial charge >= 0.3 is 0 Å². The molecule has 1 amide bonds. The highest BCUT2D eigenvalue weighted by molar-refractivity contribution is 6.37. The van der Waals surface area contributed by atoms with Gasteiger partial charge in [-0.1, -0.05) is 47.5 Å². The van der Waals surface area contributed by atoms with Crippen LogP contribution in [0.5, 0.6) is 11.5 Å². The molecule has 2 heterocycles. The van der Waals surface area contributed by atoms with E-state index in [1.165, 1.54) is 17.0 Å². The summed E-state index contributed by atoms with van der Waals surface area (Å²) in [5.74, 6) is 0.214. The normalized spacial score (nSPS) is 18.7. The molecule has 0 spiro atoms. The second-order valence-corrected chi connectivity index (χ2v) is 8.52. The number of carbonyl (C=O) groups excluding carboxylic acids is 2. The highest BCUT2D eigenvalue weighted by Crippen LogP contribution is 2.44. The van der Waals surface area contributed by atoms with E-state index in [0.717, 1.165) is 5.56 Å². The Balaban J connectivity index is 1.47. The number of carbonyl (C=O) groups is 2. The van der Waals surface area contributed by atoms with Crippen molar-refractivity contribution in [2.75, 3.05) is 11.7 Å². The number of hydrogen-bond donors (Lipinski definition) is 1. The molecule has 3 aromatic carbocycles. The third-order valence-electron chi connectivity index (χ3n) is 5.66. The van der Waals surface area contributed by atoms with Crippen LogP contribution in [0.3, 0.4) is 0 Å². The largest absolute Gasteiger partial charge is 0.454 e. The van der Waals surface area contributed by atoms with E-state index >= 15 is 0 Å². The van der Waals surface area contributed by atoms with Gasteiger partial charge in [0.25, 0.3) is 5.91 Å². The second-order valence-electron chi connectivity index (χ2n) is 7.68. The maximum atomic E-state index is 13.4. The summed E-state index contributed by atoms with van der Waals surface area (Å²) in [4.78, 5) is 27.9. The van der Waals surface area contributed by atoms with E-state index in [0.29, 0.717) is 27.8 Å². The lowest BCUT2D eigenvalue weighted by Crippen LogP contribution is -2.41. The maximum absolute atomic E-state index is 13.4. The number of ether oxygens (including phenoxy) is 2. The number of nitrogens with zero attached hydrogens (tertiary/aromatic N) is 1. The van der Waals surface area contributed by atoms with Gasteiger partial charge in [0, 0.05) is 16.1 Å². The Bertz CT molecular complexity index is 1260. The van der Waals surface area contributed by atoms with Crippen molar-refractivity contribution >= 4 is 40.6 Å². The maximum Gasteiger partial charge on any atom is 0.264 e. The van der Waals surface area contributed by atoms with Gasteiger partial charge in [-0.15, -0.1) is 0 Å². The summed E-state index contributed by atoms with van der Waals surface area (Å²) >= 11 is 12.1. The van der Waals surface area contributed by atoms with Crippen LogP contribution >= 0.6 is 23.2 Å². The molecule has 0 saturated heterocycles. The summed E-state index contributed by atoms with van der Waals surface area (Å²) in [6, 6.07) is 16.8. The zero-order valence-corrected chi connectivity index (χ0v) is 18.2. The van der Waals surface area contributed by atoms with Gasteiger partial charge < -0.3 is 19.5 Å². The van der Waals surface area contributed by atoms with Crippen molar-refractivity contribution in [3.8, 4) is 11.5 Å². The predicted molar refractivity (Wildman–Crippen MR) is 120 cm³/mol. The van der Waals surface area contributed by atoms with Gasteiger partial charge in [-0.05, 0) is 42.0 Å². The van der Waals surface area contributed by atoms with Crippen molar-refractivity contribution in [3.63, 3.8) is 0 Å². The molecule has 0 saturated carbocycles. The molecular weight excluding hydrogens is 453 g/mol. The number of Topliss-reactive ketones (excluding diaryl/α,β-unsaturated/α-hetero) is 1. The number of amides is 1. The molecule has 32 heavy (non-hydrogen) atoms. The van der Waals surface area contributed by atoms with Crippen LogP contribution in [0.4, 0.5) is 5.69 Å². The average molecular weight is 470 g/mol. The van der Waals surface area contributed by atoms with E-state index in [-0.39, 0.29) is 23.9 Å². The zero-order chi connectivity index (χ0) is 22.5. The molecule has 0 fully saturated rings. The Kier molecular flexibility index (Phi) is 5.08. The molecule has 2 aliphatic heterocycles. The first-order valence-corrected chi connectivity index (χ1v) is 10.6. The van der Waals surface area contributed by atoms with Crippen LogP contribution in [0.1, 0.15) is 27.9 Å². The number of aliphatic hydroxyl groups is 1. The first-order chi connectivity index (χ1) is 15.4. The molecule has 0 radical (unpaired) electrons. The molecule has 1 N–H and O–H groups in total. The molecule has 2 aliphatic rings. The molecule has 5 rings (SSSR count). The lowest BCUT2D eigenvalue weighted by Gasteiger charge is -2.23. The first-order valence-electron chi connectivity index (χ1n) is 9.87. The third kappa shape index (κ3) is 3.41. The van der Waals surface area contributed by atoms with Gasteiger partial charge in [0.2, 0.25) is 6.79 Å². The minimum atomic E-state index is -2.01. The molecule has 1 unspecified atom stereocenters. The Morgan fingerprint density at radius 1 is 1.03 bits per heavy atom. The highest BCUT2D eigenvalue weighted by atomic mass is 35.5. The average Bonchev–Trinajstić information content (AvgIpc) is 3.31. The SMILES string of the molecule is O=C(CC1(O)C(=O)N(Cc2ccc3c(c2)OCO3)c2ccccc21)c1ccc(Cl)cc1Cl. The fourth-order valence-electron chi connectivity index (χ4n) is 4.10. The number of benzene rings is 3. The molecule has 3 aromatic rings. The van der Waals surface area contributed by atoms with E-state index in [1.807, 2.05) is 6.07 Å². The standard InChI is InChI=1S/C24H17Cl2NO5/c25-15-6-7-16(18(26)10-15)20(28)11-24(30)17-3-1-2-4-19(17)27(23(24)29)12-14-5-8-21-22(9-14)32-13-31-21/h1-10,30H,11-13H2. The van der Waals surface area contributed by atoms with Crippen LogP contribution in [0.25, 0.3) is 0 Å². The molecule has 1 atom stereocenters. The first kappa shape index (κ1) is 20.8. The fourth-order valence-corrected chi connectivity index (χ4v) is 4.61. The van der Waals surface area contributed by atoms with Crippen LogP contribution in [-0.4, -0.2) is 23.6 Å². The minimum Gasteiger partial charge on any atom is -0.454 e. The van der Waals surface area contributed by atoms with Crippen LogP contribution in [-0.2, 0) is 16.9 Å². The molecule has 162 valence electrons. The Morgan fingerprint density at radius 2 is 1.81 bits per heavy atom. The topological polar surface area (TPSA) is 76.1 Å².